The molecule has 0 bridgehead atoms. The molecular formula is C26H60N2O6Si2. The van der Waals surface area contributed by atoms with Crippen LogP contribution in [0.1, 0.15) is 110 Å². The lowest BCUT2D eigenvalue weighted by atomic mass is 10.3. The number of nitrogens with two attached hydrogens (primary N) is 1. The molecule has 0 aliphatic carbocycles. The van der Waals surface area contributed by atoms with E-state index < -0.39 is 17.6 Å². The van der Waals surface area contributed by atoms with Gasteiger partial charge in [0.15, 0.2) is 0 Å². The zero-order valence-corrected chi connectivity index (χ0v) is 27.9. The second-order valence-corrected chi connectivity index (χ2v) is 16.2. The molecule has 0 fully saturated rings. The molecule has 218 valence electrons. The van der Waals surface area contributed by atoms with Gasteiger partial charge in [-0.1, -0.05) is 13.8 Å². The average Bonchev–Trinajstić information content (AvgIpc) is 2.65. The monoisotopic (exact) mass is 552 g/mol. The lowest BCUT2D eigenvalue weighted by Gasteiger charge is -2.50. The topological polar surface area (TPSA) is 84.6 Å². The fraction of sp³-hybridized carbons (Fsp3) is 1.00. The van der Waals surface area contributed by atoms with Crippen molar-refractivity contribution in [2.75, 3.05) is 13.1 Å². The Labute approximate surface area is 225 Å². The van der Waals surface area contributed by atoms with Crippen molar-refractivity contribution < 1.29 is 26.6 Å². The van der Waals surface area contributed by atoms with Crippen LogP contribution in [0.25, 0.3) is 0 Å². The summed E-state index contributed by atoms with van der Waals surface area (Å²) in [6.07, 6.45) is 1.18. The molecule has 8 nitrogen and oxygen atoms in total. The average molecular weight is 553 g/mol. The van der Waals surface area contributed by atoms with Gasteiger partial charge in [-0.3, -0.25) is 4.90 Å². The molecule has 0 aromatic heterocycles. The Balaban J connectivity index is 7.13. The molecule has 0 radical (unpaired) electrons. The van der Waals surface area contributed by atoms with E-state index in [2.05, 4.69) is 18.7 Å². The van der Waals surface area contributed by atoms with E-state index >= 15 is 0 Å². The third kappa shape index (κ3) is 11.5. The summed E-state index contributed by atoms with van der Waals surface area (Å²) in [4.78, 5) is 2.39. The lowest BCUT2D eigenvalue weighted by molar-refractivity contribution is -0.0450. The number of hydrogen-bond donors (Lipinski definition) is 1. The minimum atomic E-state index is -3.27. The maximum absolute atomic E-state index is 6.70. The standard InChI is InChI=1S/C26H60N2O6Si2/c1-15-25(35(29-19(3)4,30-20(5)6)31-21(7)8)28(18-17-27)26(16-2)36(32-22(9)10,33-23(11)12)34-24(13)14/h19-26H,15-18,27H2,1-14H3. The van der Waals surface area contributed by atoms with Crippen LogP contribution in [-0.4, -0.2) is 83.6 Å². The molecule has 0 amide bonds. The molecule has 0 saturated carbocycles. The molecule has 0 aromatic carbocycles. The Morgan fingerprint density at radius 2 is 0.722 bits per heavy atom. The Kier molecular flexibility index (Phi) is 17.0. The van der Waals surface area contributed by atoms with Gasteiger partial charge in [0.2, 0.25) is 0 Å². The van der Waals surface area contributed by atoms with Crippen LogP contribution in [0.2, 0.25) is 0 Å². The fourth-order valence-corrected chi connectivity index (χ4v) is 12.5. The maximum atomic E-state index is 6.70. The molecule has 2 atom stereocenters. The Hall–Kier alpha value is 0.114. The predicted octanol–water partition coefficient (Wildman–Crippen LogP) is 5.31. The van der Waals surface area contributed by atoms with Crippen molar-refractivity contribution in [1.29, 1.82) is 0 Å². The van der Waals surface area contributed by atoms with Crippen molar-refractivity contribution in [3.8, 4) is 0 Å². The minimum absolute atomic E-state index is 0.0595. The highest BCUT2D eigenvalue weighted by atomic mass is 28.4. The number of rotatable bonds is 20. The van der Waals surface area contributed by atoms with Gasteiger partial charge in [-0.15, -0.1) is 0 Å². The second-order valence-electron chi connectivity index (χ2n) is 11.1. The van der Waals surface area contributed by atoms with E-state index in [1.807, 2.05) is 83.1 Å². The van der Waals surface area contributed by atoms with Gasteiger partial charge in [0.1, 0.15) is 0 Å². The molecule has 0 rings (SSSR count). The SMILES string of the molecule is CCC(N(CCN)C(CC)[Si](OC(C)C)(OC(C)C)OC(C)C)[Si](OC(C)C)(OC(C)C)OC(C)C. The summed E-state index contributed by atoms with van der Waals surface area (Å²) in [5.74, 6) is 0. The summed E-state index contributed by atoms with van der Waals surface area (Å²) in [5.41, 5.74) is 5.96. The van der Waals surface area contributed by atoms with E-state index in [1.54, 1.807) is 0 Å². The molecule has 10 heteroatoms. The first-order valence-corrected chi connectivity index (χ1v) is 17.7. The number of hydrogen-bond acceptors (Lipinski definition) is 8. The molecule has 0 aliphatic rings. The second kappa shape index (κ2) is 16.9. The first-order chi connectivity index (χ1) is 16.6. The highest BCUT2D eigenvalue weighted by Gasteiger charge is 2.60. The first kappa shape index (κ1) is 36.1. The van der Waals surface area contributed by atoms with Gasteiger partial charge in [0.05, 0.1) is 11.3 Å². The van der Waals surface area contributed by atoms with E-state index in [9.17, 15) is 0 Å². The minimum Gasteiger partial charge on any atom is -0.370 e. The normalized spacial score (nSPS) is 15.5. The fourth-order valence-electron chi connectivity index (χ4n) is 4.66. The Bertz CT molecular complexity index is 480. The van der Waals surface area contributed by atoms with Gasteiger partial charge in [-0.25, -0.2) is 0 Å². The largest absolute Gasteiger partial charge is 0.519 e. The van der Waals surface area contributed by atoms with Crippen LogP contribution in [0.5, 0.6) is 0 Å². The summed E-state index contributed by atoms with van der Waals surface area (Å²) in [5, 5.41) is 0. The lowest BCUT2D eigenvalue weighted by Crippen LogP contribution is -2.73. The zero-order valence-electron chi connectivity index (χ0n) is 25.9. The first-order valence-electron chi connectivity index (χ1n) is 14.1. The summed E-state index contributed by atoms with van der Waals surface area (Å²) in [7, 11) is -6.53. The van der Waals surface area contributed by atoms with E-state index in [4.69, 9.17) is 32.3 Å². The smallest absolute Gasteiger partial charge is 0.370 e. The van der Waals surface area contributed by atoms with Crippen molar-refractivity contribution in [2.24, 2.45) is 5.73 Å². The van der Waals surface area contributed by atoms with Crippen molar-refractivity contribution in [1.82, 2.24) is 4.90 Å². The molecule has 2 unspecified atom stereocenters. The van der Waals surface area contributed by atoms with Crippen molar-refractivity contribution >= 4 is 17.6 Å². The number of nitrogens with zero attached hydrogens (tertiary/aromatic N) is 1. The van der Waals surface area contributed by atoms with Gasteiger partial charge in [-0.05, 0) is 95.9 Å². The summed E-state index contributed by atoms with van der Waals surface area (Å²) >= 11 is 0. The molecule has 0 heterocycles. The third-order valence-electron chi connectivity index (χ3n) is 5.18. The summed E-state index contributed by atoms with van der Waals surface area (Å²) < 4.78 is 40.2. The van der Waals surface area contributed by atoms with Crippen LogP contribution in [0.4, 0.5) is 0 Å². The molecule has 0 aromatic rings. The van der Waals surface area contributed by atoms with Gasteiger partial charge in [-0.2, -0.15) is 0 Å². The summed E-state index contributed by atoms with van der Waals surface area (Å²) in [6.45, 7) is 29.9. The van der Waals surface area contributed by atoms with Gasteiger partial charge in [0, 0.05) is 49.7 Å². The zero-order chi connectivity index (χ0) is 28.3. The van der Waals surface area contributed by atoms with Crippen LogP contribution in [0, 0.1) is 0 Å². The van der Waals surface area contributed by atoms with Gasteiger partial charge < -0.3 is 32.3 Å². The third-order valence-corrected chi connectivity index (χ3v) is 13.1. The molecular weight excluding hydrogens is 492 g/mol. The quantitative estimate of drug-likeness (QED) is 0.203. The maximum Gasteiger partial charge on any atom is 0.519 e. The molecule has 0 spiro atoms. The molecule has 0 saturated heterocycles. The van der Waals surface area contributed by atoms with Crippen molar-refractivity contribution in [3.05, 3.63) is 0 Å². The molecule has 2 N–H and O–H groups in total. The van der Waals surface area contributed by atoms with Crippen molar-refractivity contribution in [3.63, 3.8) is 0 Å². The Morgan fingerprint density at radius 1 is 0.500 bits per heavy atom. The van der Waals surface area contributed by atoms with Crippen LogP contribution in [0.3, 0.4) is 0 Å². The summed E-state index contributed by atoms with van der Waals surface area (Å²) in [6, 6.07) is 0. The highest BCUT2D eigenvalue weighted by Crippen LogP contribution is 2.34. The van der Waals surface area contributed by atoms with E-state index in [1.165, 1.54) is 0 Å². The van der Waals surface area contributed by atoms with Crippen LogP contribution >= 0.6 is 0 Å². The van der Waals surface area contributed by atoms with Crippen LogP contribution < -0.4 is 5.73 Å². The Morgan fingerprint density at radius 3 is 0.861 bits per heavy atom. The van der Waals surface area contributed by atoms with Gasteiger partial charge in [0.25, 0.3) is 0 Å². The van der Waals surface area contributed by atoms with Gasteiger partial charge >= 0.3 is 17.6 Å². The van der Waals surface area contributed by atoms with Crippen molar-refractivity contribution in [2.45, 2.75) is 158 Å². The highest BCUT2D eigenvalue weighted by molar-refractivity contribution is 6.64. The molecule has 36 heavy (non-hydrogen) atoms. The van der Waals surface area contributed by atoms with E-state index in [-0.39, 0.29) is 48.0 Å². The molecule has 0 aliphatic heterocycles. The van der Waals surface area contributed by atoms with Crippen LogP contribution in [0.15, 0.2) is 0 Å². The van der Waals surface area contributed by atoms with Crippen LogP contribution in [-0.2, 0) is 26.6 Å². The van der Waals surface area contributed by atoms with E-state index in [0.29, 0.717) is 13.1 Å². The van der Waals surface area contributed by atoms with E-state index in [0.717, 1.165) is 12.8 Å². The predicted molar refractivity (Wildman–Crippen MR) is 153 cm³/mol.